The van der Waals surface area contributed by atoms with Crippen LogP contribution in [0.1, 0.15) is 395 Å². The zero-order valence-corrected chi connectivity index (χ0v) is 63.8. The van der Waals surface area contributed by atoms with Crippen LogP contribution in [-0.4, -0.2) is 96.7 Å². The first-order valence-corrected chi connectivity index (χ1v) is 42.5. The van der Waals surface area contributed by atoms with Crippen LogP contribution in [0.25, 0.3) is 0 Å². The second kappa shape index (κ2) is 67.9. The molecule has 95 heavy (non-hydrogen) atoms. The predicted molar refractivity (Wildman–Crippen MR) is 386 cm³/mol. The first-order valence-electron chi connectivity index (χ1n) is 39.5. The van der Waals surface area contributed by atoms with Gasteiger partial charge < -0.3 is 33.8 Å². The highest BCUT2D eigenvalue weighted by molar-refractivity contribution is 7.47. The van der Waals surface area contributed by atoms with Crippen molar-refractivity contribution in [2.24, 2.45) is 11.8 Å². The second-order valence-corrected chi connectivity index (χ2v) is 31.0. The average Bonchev–Trinajstić information content (AvgIpc) is 1.30. The van der Waals surface area contributed by atoms with Gasteiger partial charge in [-0.1, -0.05) is 343 Å². The molecular weight excluding hydrogens is 1250 g/mol. The van der Waals surface area contributed by atoms with Crippen LogP contribution in [0.4, 0.5) is 0 Å². The van der Waals surface area contributed by atoms with E-state index in [0.29, 0.717) is 25.7 Å². The van der Waals surface area contributed by atoms with E-state index in [2.05, 4.69) is 41.5 Å². The molecule has 0 radical (unpaired) electrons. The smallest absolute Gasteiger partial charge is 0.462 e. The predicted octanol–water partition coefficient (Wildman–Crippen LogP) is 22.3. The third kappa shape index (κ3) is 69.0. The molecule has 6 atom stereocenters. The van der Waals surface area contributed by atoms with E-state index in [4.69, 9.17) is 37.0 Å². The molecule has 0 rings (SSSR count). The van der Waals surface area contributed by atoms with E-state index in [1.165, 1.54) is 212 Å². The van der Waals surface area contributed by atoms with Crippen molar-refractivity contribution in [3.63, 3.8) is 0 Å². The molecule has 0 aromatic heterocycles. The van der Waals surface area contributed by atoms with Gasteiger partial charge in [0.1, 0.15) is 19.3 Å². The Bertz CT molecular complexity index is 1840. The number of phosphoric ester groups is 2. The summed E-state index contributed by atoms with van der Waals surface area (Å²) in [6, 6.07) is 0. The van der Waals surface area contributed by atoms with Gasteiger partial charge >= 0.3 is 39.5 Å². The molecule has 0 saturated heterocycles. The van der Waals surface area contributed by atoms with Gasteiger partial charge in [0, 0.05) is 25.7 Å². The fourth-order valence-corrected chi connectivity index (χ4v) is 13.2. The number of hydrogen-bond acceptors (Lipinski definition) is 15. The summed E-state index contributed by atoms with van der Waals surface area (Å²) >= 11 is 0. The second-order valence-electron chi connectivity index (χ2n) is 28.1. The van der Waals surface area contributed by atoms with E-state index >= 15 is 0 Å². The van der Waals surface area contributed by atoms with Gasteiger partial charge in [-0.05, 0) is 37.5 Å². The van der Waals surface area contributed by atoms with Gasteiger partial charge in [-0.2, -0.15) is 0 Å². The minimum Gasteiger partial charge on any atom is -0.462 e. The fraction of sp³-hybridized carbons (Fsp3) is 0.947. The minimum absolute atomic E-state index is 0.107. The van der Waals surface area contributed by atoms with Gasteiger partial charge in [0.15, 0.2) is 12.2 Å². The molecule has 0 aromatic rings. The molecule has 0 fully saturated rings. The lowest BCUT2D eigenvalue weighted by atomic mass is 9.99. The Morgan fingerprint density at radius 1 is 0.305 bits per heavy atom. The van der Waals surface area contributed by atoms with Gasteiger partial charge in [-0.25, -0.2) is 9.13 Å². The molecule has 564 valence electrons. The highest BCUT2D eigenvalue weighted by Gasteiger charge is 2.30. The van der Waals surface area contributed by atoms with E-state index in [9.17, 15) is 43.2 Å². The summed E-state index contributed by atoms with van der Waals surface area (Å²) in [6.07, 6.45) is 55.2. The standard InChI is InChI=1S/C76H148O17P2/c1-7-10-12-14-16-18-20-22-24-26-34-40-46-52-58-73(78)86-64-72(93-76(81)61-55-49-43-37-31-29-33-39-45-51-57-69(6)9-3)67-91-95(84,85)89-63-70(77)62-88-94(82,83)90-66-71(65-87-74(79)59-53-47-41-35-30-28-32-38-44-50-56-68(4)5)92-75(80)60-54-48-42-36-27-25-23-21-19-17-15-13-11-8-2/h68-72,77H,7-67H2,1-6H3,(H,82,83)(H,84,85)/t69?,70-,71+,72+/m0/s1. The third-order valence-corrected chi connectivity index (χ3v) is 20.0. The summed E-state index contributed by atoms with van der Waals surface area (Å²) in [6.45, 7) is 9.63. The maximum absolute atomic E-state index is 13.1. The Morgan fingerprint density at radius 3 is 0.800 bits per heavy atom. The molecule has 0 bridgehead atoms. The number of ether oxygens (including phenoxy) is 4. The molecule has 0 heterocycles. The zero-order chi connectivity index (χ0) is 70.0. The third-order valence-electron chi connectivity index (χ3n) is 18.1. The Hall–Kier alpha value is -1.94. The molecule has 0 aromatic carbocycles. The van der Waals surface area contributed by atoms with Crippen LogP contribution in [-0.2, 0) is 65.4 Å². The monoisotopic (exact) mass is 1400 g/mol. The van der Waals surface area contributed by atoms with Crippen LogP contribution in [0.15, 0.2) is 0 Å². The minimum atomic E-state index is -4.96. The fourth-order valence-electron chi connectivity index (χ4n) is 11.6. The summed E-state index contributed by atoms with van der Waals surface area (Å²) in [5.41, 5.74) is 0. The Labute approximate surface area is 581 Å². The molecule has 0 aliphatic heterocycles. The van der Waals surface area contributed by atoms with Crippen molar-refractivity contribution in [2.45, 2.75) is 413 Å². The van der Waals surface area contributed by atoms with Crippen LogP contribution < -0.4 is 0 Å². The maximum Gasteiger partial charge on any atom is 0.472 e. The highest BCUT2D eigenvalue weighted by atomic mass is 31.2. The van der Waals surface area contributed by atoms with Crippen molar-refractivity contribution in [1.29, 1.82) is 0 Å². The van der Waals surface area contributed by atoms with Crippen molar-refractivity contribution in [3.05, 3.63) is 0 Å². The van der Waals surface area contributed by atoms with Gasteiger partial charge in [0.2, 0.25) is 0 Å². The quantitative estimate of drug-likeness (QED) is 0.0222. The van der Waals surface area contributed by atoms with E-state index in [0.717, 1.165) is 102 Å². The van der Waals surface area contributed by atoms with Crippen molar-refractivity contribution in [1.82, 2.24) is 0 Å². The van der Waals surface area contributed by atoms with Crippen LogP contribution in [0.5, 0.6) is 0 Å². The number of hydrogen-bond donors (Lipinski definition) is 3. The van der Waals surface area contributed by atoms with Gasteiger partial charge in [0.25, 0.3) is 0 Å². The summed E-state index contributed by atoms with van der Waals surface area (Å²) < 4.78 is 68.6. The molecule has 0 spiro atoms. The lowest BCUT2D eigenvalue weighted by molar-refractivity contribution is -0.161. The number of esters is 4. The normalized spacial score (nSPS) is 14.3. The number of phosphoric acid groups is 2. The zero-order valence-electron chi connectivity index (χ0n) is 62.0. The van der Waals surface area contributed by atoms with E-state index in [1.807, 2.05) is 0 Å². The number of carbonyl (C=O) groups excluding carboxylic acids is 4. The van der Waals surface area contributed by atoms with E-state index in [1.54, 1.807) is 0 Å². The molecule has 0 amide bonds. The SMILES string of the molecule is CCCCCCCCCCCCCCCCC(=O)OC[C@H](COP(=O)(O)OC[C@@H](O)COP(=O)(O)OC[C@@H](COC(=O)CCCCCCCCCCCCC(C)C)OC(=O)CCCCCCCCCCCCCCCC)OC(=O)CCCCCCCCCCCCC(C)CC. The first kappa shape index (κ1) is 93.1. The average molecular weight is 1400 g/mol. The number of rotatable bonds is 75. The van der Waals surface area contributed by atoms with Crippen LogP contribution in [0, 0.1) is 11.8 Å². The van der Waals surface area contributed by atoms with Crippen LogP contribution in [0.3, 0.4) is 0 Å². The Morgan fingerprint density at radius 2 is 0.537 bits per heavy atom. The first-order chi connectivity index (χ1) is 45.9. The summed E-state index contributed by atoms with van der Waals surface area (Å²) in [4.78, 5) is 72.9. The van der Waals surface area contributed by atoms with E-state index < -0.39 is 97.5 Å². The molecular formula is C76H148O17P2. The number of unbranched alkanes of at least 4 members (excludes halogenated alkanes) is 44. The summed E-state index contributed by atoms with van der Waals surface area (Å²) in [5, 5.41) is 10.6. The molecule has 17 nitrogen and oxygen atoms in total. The molecule has 0 aliphatic carbocycles. The number of carbonyl (C=O) groups is 4. The number of aliphatic hydroxyl groups is 1. The lowest BCUT2D eigenvalue weighted by Crippen LogP contribution is -2.30. The van der Waals surface area contributed by atoms with Gasteiger partial charge in [-0.15, -0.1) is 0 Å². The summed E-state index contributed by atoms with van der Waals surface area (Å²) in [7, 11) is -9.91. The summed E-state index contributed by atoms with van der Waals surface area (Å²) in [5.74, 6) is -0.551. The van der Waals surface area contributed by atoms with Crippen molar-refractivity contribution >= 4 is 39.5 Å². The van der Waals surface area contributed by atoms with Crippen LogP contribution in [0.2, 0.25) is 0 Å². The Kier molecular flexibility index (Phi) is 66.5. The van der Waals surface area contributed by atoms with Crippen molar-refractivity contribution < 1.29 is 80.2 Å². The topological polar surface area (TPSA) is 237 Å². The molecule has 0 aliphatic rings. The molecule has 19 heteroatoms. The maximum atomic E-state index is 13.1. The Balaban J connectivity index is 5.27. The molecule has 0 saturated carbocycles. The molecule has 3 N–H and O–H groups in total. The highest BCUT2D eigenvalue weighted by Crippen LogP contribution is 2.45. The largest absolute Gasteiger partial charge is 0.472 e. The van der Waals surface area contributed by atoms with Crippen molar-refractivity contribution in [2.75, 3.05) is 39.6 Å². The molecule has 3 unspecified atom stereocenters. The van der Waals surface area contributed by atoms with Crippen molar-refractivity contribution in [3.8, 4) is 0 Å². The number of aliphatic hydroxyl groups excluding tert-OH is 1. The van der Waals surface area contributed by atoms with Crippen LogP contribution >= 0.6 is 15.6 Å². The van der Waals surface area contributed by atoms with Gasteiger partial charge in [-0.3, -0.25) is 37.3 Å². The van der Waals surface area contributed by atoms with Gasteiger partial charge in [0.05, 0.1) is 26.4 Å². The lowest BCUT2D eigenvalue weighted by Gasteiger charge is -2.21. The van der Waals surface area contributed by atoms with E-state index in [-0.39, 0.29) is 25.7 Å².